The molecule has 3 rings (SSSR count). The summed E-state index contributed by atoms with van der Waals surface area (Å²) in [6.07, 6.45) is 0. The molecule has 0 unspecified atom stereocenters. The van der Waals surface area contributed by atoms with Crippen LogP contribution in [0.2, 0.25) is 5.02 Å². The molecule has 7 heteroatoms. The fourth-order valence-corrected chi connectivity index (χ4v) is 2.58. The van der Waals surface area contributed by atoms with Gasteiger partial charge < -0.3 is 10.1 Å². The van der Waals surface area contributed by atoms with E-state index in [2.05, 4.69) is 10.4 Å². The Morgan fingerprint density at radius 1 is 1.15 bits per heavy atom. The first-order chi connectivity index (χ1) is 12.5. The molecular weight excluding hydrogens is 354 g/mol. The SMILES string of the molecule is COc1cc(=O)n(-c2ccccc2C)nc1C(=O)Nc1ccc(Cl)cc1. The number of carbonyl (C=O) groups is 1. The van der Waals surface area contributed by atoms with Crippen LogP contribution in [0.1, 0.15) is 16.1 Å². The predicted molar refractivity (Wildman–Crippen MR) is 101 cm³/mol. The lowest BCUT2D eigenvalue weighted by Gasteiger charge is -2.12. The number of methoxy groups -OCH3 is 1. The zero-order valence-electron chi connectivity index (χ0n) is 14.2. The van der Waals surface area contributed by atoms with Crippen molar-refractivity contribution in [3.05, 3.63) is 81.2 Å². The topological polar surface area (TPSA) is 73.2 Å². The van der Waals surface area contributed by atoms with Gasteiger partial charge in [0.25, 0.3) is 11.5 Å². The minimum atomic E-state index is -0.494. The predicted octanol–water partition coefficient (Wildman–Crippen LogP) is 3.46. The molecule has 0 saturated heterocycles. The van der Waals surface area contributed by atoms with Crippen molar-refractivity contribution in [2.75, 3.05) is 12.4 Å². The van der Waals surface area contributed by atoms with Crippen molar-refractivity contribution in [3.8, 4) is 11.4 Å². The normalized spacial score (nSPS) is 10.4. The molecule has 1 N–H and O–H groups in total. The van der Waals surface area contributed by atoms with Crippen LogP contribution in [0.15, 0.2) is 59.4 Å². The highest BCUT2D eigenvalue weighted by Gasteiger charge is 2.18. The first-order valence-electron chi connectivity index (χ1n) is 7.81. The van der Waals surface area contributed by atoms with E-state index >= 15 is 0 Å². The van der Waals surface area contributed by atoms with Crippen molar-refractivity contribution in [3.63, 3.8) is 0 Å². The zero-order chi connectivity index (χ0) is 18.7. The Bertz CT molecular complexity index is 1010. The van der Waals surface area contributed by atoms with Gasteiger partial charge in [-0.1, -0.05) is 29.8 Å². The maximum atomic E-state index is 12.7. The van der Waals surface area contributed by atoms with Gasteiger partial charge in [0, 0.05) is 10.7 Å². The molecule has 0 saturated carbocycles. The zero-order valence-corrected chi connectivity index (χ0v) is 14.9. The molecule has 6 nitrogen and oxygen atoms in total. The van der Waals surface area contributed by atoms with Gasteiger partial charge in [-0.05, 0) is 42.8 Å². The van der Waals surface area contributed by atoms with Gasteiger partial charge in [-0.15, -0.1) is 0 Å². The molecule has 2 aromatic carbocycles. The van der Waals surface area contributed by atoms with Crippen LogP contribution in [0.5, 0.6) is 5.75 Å². The fraction of sp³-hybridized carbons (Fsp3) is 0.105. The van der Waals surface area contributed by atoms with E-state index < -0.39 is 5.91 Å². The number of para-hydroxylation sites is 1. The van der Waals surface area contributed by atoms with Gasteiger partial charge in [0.1, 0.15) is 0 Å². The molecule has 0 aliphatic rings. The molecule has 3 aromatic rings. The summed E-state index contributed by atoms with van der Waals surface area (Å²) in [5.41, 5.74) is 1.62. The highest BCUT2D eigenvalue weighted by molar-refractivity contribution is 6.30. The molecule has 0 radical (unpaired) electrons. The van der Waals surface area contributed by atoms with Crippen LogP contribution in [-0.4, -0.2) is 22.8 Å². The van der Waals surface area contributed by atoms with E-state index in [1.807, 2.05) is 19.1 Å². The van der Waals surface area contributed by atoms with Gasteiger partial charge in [-0.3, -0.25) is 9.59 Å². The van der Waals surface area contributed by atoms with Crippen molar-refractivity contribution in [2.45, 2.75) is 6.92 Å². The van der Waals surface area contributed by atoms with Gasteiger partial charge in [-0.25, -0.2) is 0 Å². The van der Waals surface area contributed by atoms with E-state index in [1.54, 1.807) is 36.4 Å². The highest BCUT2D eigenvalue weighted by Crippen LogP contribution is 2.19. The van der Waals surface area contributed by atoms with Crippen molar-refractivity contribution in [1.82, 2.24) is 9.78 Å². The van der Waals surface area contributed by atoms with Crippen molar-refractivity contribution in [2.24, 2.45) is 0 Å². The molecule has 132 valence electrons. The maximum Gasteiger partial charge on any atom is 0.279 e. The average molecular weight is 370 g/mol. The maximum absolute atomic E-state index is 12.7. The Morgan fingerprint density at radius 2 is 1.85 bits per heavy atom. The number of hydrogen-bond acceptors (Lipinski definition) is 4. The summed E-state index contributed by atoms with van der Waals surface area (Å²) >= 11 is 5.85. The monoisotopic (exact) mass is 369 g/mol. The highest BCUT2D eigenvalue weighted by atomic mass is 35.5. The largest absolute Gasteiger partial charge is 0.494 e. The lowest BCUT2D eigenvalue weighted by atomic mass is 10.2. The number of nitrogens with zero attached hydrogens (tertiary/aromatic N) is 2. The standard InChI is InChI=1S/C19H16ClN3O3/c1-12-5-3-4-6-15(12)23-17(24)11-16(26-2)18(22-23)19(25)21-14-9-7-13(20)8-10-14/h3-11H,1-2H3,(H,21,25). The molecule has 0 fully saturated rings. The van der Waals surface area contributed by atoms with Crippen molar-refractivity contribution < 1.29 is 9.53 Å². The molecule has 0 spiro atoms. The molecule has 1 heterocycles. The molecule has 0 aliphatic heterocycles. The van der Waals surface area contributed by atoms with E-state index in [-0.39, 0.29) is 17.0 Å². The van der Waals surface area contributed by atoms with Gasteiger partial charge in [0.05, 0.1) is 18.9 Å². The van der Waals surface area contributed by atoms with E-state index in [0.717, 1.165) is 5.56 Å². The van der Waals surface area contributed by atoms with Gasteiger partial charge in [0.15, 0.2) is 11.4 Å². The van der Waals surface area contributed by atoms with Crippen molar-refractivity contribution >= 4 is 23.2 Å². The molecule has 1 aromatic heterocycles. The number of carbonyl (C=O) groups excluding carboxylic acids is 1. The molecule has 0 atom stereocenters. The Morgan fingerprint density at radius 3 is 2.50 bits per heavy atom. The van der Waals surface area contributed by atoms with Gasteiger partial charge in [-0.2, -0.15) is 9.78 Å². The Labute approximate surface area is 155 Å². The van der Waals surface area contributed by atoms with Crippen LogP contribution >= 0.6 is 11.6 Å². The summed E-state index contributed by atoms with van der Waals surface area (Å²) in [6.45, 7) is 1.86. The number of rotatable bonds is 4. The number of aromatic nitrogens is 2. The van der Waals surface area contributed by atoms with Crippen LogP contribution in [-0.2, 0) is 0 Å². The van der Waals surface area contributed by atoms with Gasteiger partial charge in [0.2, 0.25) is 0 Å². The van der Waals surface area contributed by atoms with Crippen LogP contribution in [0.25, 0.3) is 5.69 Å². The van der Waals surface area contributed by atoms with Crippen LogP contribution in [0.4, 0.5) is 5.69 Å². The second kappa shape index (κ2) is 7.41. The Balaban J connectivity index is 2.04. The number of hydrogen-bond donors (Lipinski definition) is 1. The number of benzene rings is 2. The van der Waals surface area contributed by atoms with Crippen LogP contribution in [0.3, 0.4) is 0 Å². The number of halogens is 1. The summed E-state index contributed by atoms with van der Waals surface area (Å²) in [5.74, 6) is -0.391. The molecule has 26 heavy (non-hydrogen) atoms. The summed E-state index contributed by atoms with van der Waals surface area (Å²) in [7, 11) is 1.38. The van der Waals surface area contributed by atoms with E-state index in [4.69, 9.17) is 16.3 Å². The summed E-state index contributed by atoms with van der Waals surface area (Å²) in [5, 5.41) is 7.51. The molecular formula is C19H16ClN3O3. The first-order valence-corrected chi connectivity index (χ1v) is 8.18. The lowest BCUT2D eigenvalue weighted by Crippen LogP contribution is -2.26. The average Bonchev–Trinajstić information content (AvgIpc) is 2.64. The number of amides is 1. The van der Waals surface area contributed by atoms with E-state index in [1.165, 1.54) is 17.9 Å². The third-order valence-electron chi connectivity index (χ3n) is 3.78. The third kappa shape index (κ3) is 3.60. The Kier molecular flexibility index (Phi) is 5.04. The Hall–Kier alpha value is -3.12. The number of aryl methyl sites for hydroxylation is 1. The second-order valence-electron chi connectivity index (χ2n) is 5.56. The smallest absolute Gasteiger partial charge is 0.279 e. The van der Waals surface area contributed by atoms with E-state index in [0.29, 0.717) is 16.4 Å². The summed E-state index contributed by atoms with van der Waals surface area (Å²) < 4.78 is 6.36. The quantitative estimate of drug-likeness (QED) is 0.764. The molecule has 1 amide bonds. The number of nitrogens with one attached hydrogen (secondary N) is 1. The summed E-state index contributed by atoms with van der Waals surface area (Å²) in [4.78, 5) is 25.1. The van der Waals surface area contributed by atoms with Gasteiger partial charge >= 0.3 is 0 Å². The third-order valence-corrected chi connectivity index (χ3v) is 4.03. The summed E-state index contributed by atoms with van der Waals surface area (Å²) in [6, 6.07) is 15.2. The minimum absolute atomic E-state index is 0.00491. The van der Waals surface area contributed by atoms with Crippen molar-refractivity contribution in [1.29, 1.82) is 0 Å². The number of ether oxygens (including phenoxy) is 1. The molecule has 0 bridgehead atoms. The molecule has 0 aliphatic carbocycles. The lowest BCUT2D eigenvalue weighted by molar-refractivity contribution is 0.101. The van der Waals surface area contributed by atoms with E-state index in [9.17, 15) is 9.59 Å². The van der Waals surface area contributed by atoms with Crippen LogP contribution < -0.4 is 15.6 Å². The fourth-order valence-electron chi connectivity index (χ4n) is 2.45. The second-order valence-corrected chi connectivity index (χ2v) is 6.00. The minimum Gasteiger partial charge on any atom is -0.494 e. The first kappa shape index (κ1) is 17.7. The van der Waals surface area contributed by atoms with Crippen LogP contribution in [0, 0.1) is 6.92 Å². The number of anilines is 1.